The minimum Gasteiger partial charge on any atom is -0.497 e. The fraction of sp³-hybridized carbons (Fsp3) is 0.550. The lowest BCUT2D eigenvalue weighted by atomic mass is 9.87. The van der Waals surface area contributed by atoms with Gasteiger partial charge < -0.3 is 19.5 Å². The van der Waals surface area contributed by atoms with Gasteiger partial charge in [0.05, 0.1) is 14.2 Å². The maximum Gasteiger partial charge on any atom is 0.407 e. The average Bonchev–Trinajstić information content (AvgIpc) is 3.35. The van der Waals surface area contributed by atoms with E-state index >= 15 is 0 Å². The number of nitrogens with zero attached hydrogens (tertiary/aromatic N) is 2. The quantitative estimate of drug-likeness (QED) is 0.772. The molecule has 0 bridgehead atoms. The highest BCUT2D eigenvalue weighted by atomic mass is 16.5. The summed E-state index contributed by atoms with van der Waals surface area (Å²) in [5.41, 5.74) is -0.281. The molecule has 1 N–H and O–H groups in total. The van der Waals surface area contributed by atoms with Gasteiger partial charge in [0.1, 0.15) is 17.3 Å². The van der Waals surface area contributed by atoms with Gasteiger partial charge >= 0.3 is 12.1 Å². The largest absolute Gasteiger partial charge is 0.497 e. The van der Waals surface area contributed by atoms with Crippen LogP contribution in [0, 0.1) is 0 Å². The van der Waals surface area contributed by atoms with Gasteiger partial charge in [-0.15, -0.1) is 0 Å². The molecule has 0 aromatic heterocycles. The molecule has 0 saturated carbocycles. The van der Waals surface area contributed by atoms with E-state index in [9.17, 15) is 19.5 Å². The SMILES string of the molecule is COC(=O)C1(Cc2cccc(OC)c2)CCCN1C(=O)C1CCCN1C(=O)O. The zero-order valence-corrected chi connectivity index (χ0v) is 16.2. The van der Waals surface area contributed by atoms with E-state index in [0.717, 1.165) is 5.56 Å². The van der Waals surface area contributed by atoms with Crippen LogP contribution in [0.3, 0.4) is 0 Å². The van der Waals surface area contributed by atoms with Crippen LogP contribution in [-0.2, 0) is 20.7 Å². The zero-order chi connectivity index (χ0) is 20.3. The molecule has 0 spiro atoms. The van der Waals surface area contributed by atoms with E-state index in [2.05, 4.69) is 0 Å². The van der Waals surface area contributed by atoms with Crippen molar-refractivity contribution in [2.75, 3.05) is 27.3 Å². The fourth-order valence-electron chi connectivity index (χ4n) is 4.41. The molecule has 1 aromatic carbocycles. The minimum atomic E-state index is -1.13. The van der Waals surface area contributed by atoms with Crippen LogP contribution in [0.5, 0.6) is 5.75 Å². The highest BCUT2D eigenvalue weighted by molar-refractivity contribution is 5.93. The summed E-state index contributed by atoms with van der Waals surface area (Å²) in [6.07, 6.45) is 1.43. The monoisotopic (exact) mass is 390 g/mol. The molecule has 28 heavy (non-hydrogen) atoms. The van der Waals surface area contributed by atoms with Crippen LogP contribution in [0.25, 0.3) is 0 Å². The number of amides is 2. The van der Waals surface area contributed by atoms with Crippen molar-refractivity contribution in [3.8, 4) is 5.75 Å². The standard InChI is InChI=1S/C20H26N2O6/c1-27-15-7-3-6-14(12-15)13-20(18(24)28-2)9-5-11-22(20)17(23)16-8-4-10-21(16)19(25)26/h3,6-7,12,16H,4-5,8-11,13H2,1-2H3,(H,25,26). The Bertz CT molecular complexity index is 767. The van der Waals surface area contributed by atoms with Crippen molar-refractivity contribution in [2.45, 2.75) is 43.7 Å². The van der Waals surface area contributed by atoms with E-state index in [4.69, 9.17) is 9.47 Å². The number of benzene rings is 1. The number of methoxy groups -OCH3 is 2. The third-order valence-corrected chi connectivity index (χ3v) is 5.73. The van der Waals surface area contributed by atoms with Crippen molar-refractivity contribution in [2.24, 2.45) is 0 Å². The minimum absolute atomic E-state index is 0.294. The van der Waals surface area contributed by atoms with Crippen molar-refractivity contribution in [1.29, 1.82) is 0 Å². The number of carbonyl (C=O) groups is 3. The number of hydrogen-bond acceptors (Lipinski definition) is 5. The van der Waals surface area contributed by atoms with Gasteiger partial charge in [0.25, 0.3) is 0 Å². The van der Waals surface area contributed by atoms with Crippen LogP contribution in [0.1, 0.15) is 31.2 Å². The second kappa shape index (κ2) is 8.08. The van der Waals surface area contributed by atoms with E-state index in [-0.39, 0.29) is 5.91 Å². The van der Waals surface area contributed by atoms with Crippen LogP contribution >= 0.6 is 0 Å². The molecule has 2 unspecified atom stereocenters. The third kappa shape index (κ3) is 3.50. The fourth-order valence-corrected chi connectivity index (χ4v) is 4.41. The van der Waals surface area contributed by atoms with Gasteiger partial charge in [0.2, 0.25) is 5.91 Å². The maximum absolute atomic E-state index is 13.3. The van der Waals surface area contributed by atoms with Crippen molar-refractivity contribution in [3.63, 3.8) is 0 Å². The predicted molar refractivity (Wildman–Crippen MR) is 100 cm³/mol. The van der Waals surface area contributed by atoms with Gasteiger partial charge in [-0.1, -0.05) is 12.1 Å². The zero-order valence-electron chi connectivity index (χ0n) is 16.2. The molecule has 1 aromatic rings. The van der Waals surface area contributed by atoms with Gasteiger partial charge in [-0.25, -0.2) is 9.59 Å². The van der Waals surface area contributed by atoms with E-state index < -0.39 is 23.6 Å². The van der Waals surface area contributed by atoms with E-state index in [0.29, 0.717) is 50.9 Å². The Morgan fingerprint density at radius 1 is 1.21 bits per heavy atom. The summed E-state index contributed by atoms with van der Waals surface area (Å²) in [5.74, 6) is -0.118. The number of likely N-dealkylation sites (tertiary alicyclic amines) is 2. The number of esters is 1. The highest BCUT2D eigenvalue weighted by Crippen LogP contribution is 2.36. The molecule has 2 fully saturated rings. The Labute approximate surface area is 164 Å². The Hall–Kier alpha value is -2.77. The molecule has 2 aliphatic heterocycles. The number of hydrogen-bond donors (Lipinski definition) is 1. The summed E-state index contributed by atoms with van der Waals surface area (Å²) in [7, 11) is 2.89. The topological polar surface area (TPSA) is 96.4 Å². The number of rotatable bonds is 5. The molecule has 152 valence electrons. The maximum atomic E-state index is 13.3. The number of ether oxygens (including phenoxy) is 2. The number of carboxylic acid groups (broad SMARTS) is 1. The first kappa shape index (κ1) is 20.0. The molecular weight excluding hydrogens is 364 g/mol. The molecule has 8 heteroatoms. The molecule has 2 heterocycles. The number of carbonyl (C=O) groups excluding carboxylic acids is 2. The molecule has 3 rings (SSSR count). The summed E-state index contributed by atoms with van der Waals surface area (Å²) < 4.78 is 10.4. The van der Waals surface area contributed by atoms with E-state index in [1.54, 1.807) is 12.0 Å². The first-order valence-corrected chi connectivity index (χ1v) is 9.45. The van der Waals surface area contributed by atoms with Gasteiger partial charge in [-0.3, -0.25) is 9.69 Å². The second-order valence-corrected chi connectivity index (χ2v) is 7.28. The van der Waals surface area contributed by atoms with E-state index in [1.807, 2.05) is 24.3 Å². The van der Waals surface area contributed by atoms with Crippen molar-refractivity contribution >= 4 is 18.0 Å². The summed E-state index contributed by atoms with van der Waals surface area (Å²) in [6, 6.07) is 6.63. The summed E-state index contributed by atoms with van der Waals surface area (Å²) >= 11 is 0. The molecular formula is C20H26N2O6. The molecule has 2 aliphatic rings. The second-order valence-electron chi connectivity index (χ2n) is 7.28. The van der Waals surface area contributed by atoms with Crippen molar-refractivity contribution in [1.82, 2.24) is 9.80 Å². The average molecular weight is 390 g/mol. The lowest BCUT2D eigenvalue weighted by molar-refractivity contribution is -0.160. The summed E-state index contributed by atoms with van der Waals surface area (Å²) in [5, 5.41) is 9.40. The molecule has 0 radical (unpaired) electrons. The van der Waals surface area contributed by atoms with Gasteiger partial charge in [0.15, 0.2) is 0 Å². The molecule has 2 atom stereocenters. The summed E-state index contributed by atoms with van der Waals surface area (Å²) in [6.45, 7) is 0.739. The van der Waals surface area contributed by atoms with E-state index in [1.165, 1.54) is 12.0 Å². The highest BCUT2D eigenvalue weighted by Gasteiger charge is 2.53. The summed E-state index contributed by atoms with van der Waals surface area (Å²) in [4.78, 5) is 40.4. The Morgan fingerprint density at radius 2 is 2.00 bits per heavy atom. The van der Waals surface area contributed by atoms with Crippen LogP contribution < -0.4 is 4.74 Å². The van der Waals surface area contributed by atoms with Gasteiger partial charge in [-0.2, -0.15) is 0 Å². The lowest BCUT2D eigenvalue weighted by Gasteiger charge is -2.38. The van der Waals surface area contributed by atoms with Crippen LogP contribution in [0.4, 0.5) is 4.79 Å². The lowest BCUT2D eigenvalue weighted by Crippen LogP contribution is -2.59. The first-order valence-electron chi connectivity index (χ1n) is 9.45. The van der Waals surface area contributed by atoms with Crippen molar-refractivity contribution < 1.29 is 29.0 Å². The predicted octanol–water partition coefficient (Wildman–Crippen LogP) is 1.91. The van der Waals surface area contributed by atoms with Gasteiger partial charge in [0, 0.05) is 19.5 Å². The normalized spacial score (nSPS) is 24.3. The Balaban J connectivity index is 1.93. The van der Waals surface area contributed by atoms with Crippen LogP contribution in [0.2, 0.25) is 0 Å². The molecule has 8 nitrogen and oxygen atoms in total. The molecule has 2 amide bonds. The first-order chi connectivity index (χ1) is 13.4. The van der Waals surface area contributed by atoms with Crippen molar-refractivity contribution in [3.05, 3.63) is 29.8 Å². The van der Waals surface area contributed by atoms with Gasteiger partial charge in [-0.05, 0) is 43.4 Å². The Kier molecular flexibility index (Phi) is 5.76. The third-order valence-electron chi connectivity index (χ3n) is 5.73. The van der Waals surface area contributed by atoms with Crippen LogP contribution in [0.15, 0.2) is 24.3 Å². The molecule has 2 saturated heterocycles. The molecule has 0 aliphatic carbocycles. The van der Waals surface area contributed by atoms with Crippen LogP contribution in [-0.4, -0.2) is 71.8 Å². The smallest absolute Gasteiger partial charge is 0.407 e. The Morgan fingerprint density at radius 3 is 2.68 bits per heavy atom.